The molecule has 0 aromatic heterocycles. The zero-order valence-electron chi connectivity index (χ0n) is 25.5. The minimum Gasteiger partial charge on any atom is -0.790 e. The second-order valence-electron chi connectivity index (χ2n) is 9.68. The summed E-state index contributed by atoms with van der Waals surface area (Å²) in [7, 11) is -5.24. The molecule has 0 aliphatic rings. The normalized spacial score (nSPS) is 11.7. The van der Waals surface area contributed by atoms with Crippen molar-refractivity contribution in [1.29, 1.82) is 0 Å². The molecule has 9 nitrogen and oxygen atoms in total. The van der Waals surface area contributed by atoms with Crippen molar-refractivity contribution in [2.24, 2.45) is 0 Å². The summed E-state index contributed by atoms with van der Waals surface area (Å²) < 4.78 is 25.4. The van der Waals surface area contributed by atoms with Crippen LogP contribution in [0.1, 0.15) is 129 Å². The van der Waals surface area contributed by atoms with Crippen LogP contribution in [0, 0.1) is 0 Å². The Kier molecular flexibility index (Phi) is 35.8. The summed E-state index contributed by atoms with van der Waals surface area (Å²) in [4.78, 5) is 56.7. The van der Waals surface area contributed by atoms with Gasteiger partial charge in [0.1, 0.15) is 6.61 Å². The van der Waals surface area contributed by atoms with Crippen LogP contribution in [0.3, 0.4) is 0 Å². The van der Waals surface area contributed by atoms with Crippen molar-refractivity contribution in [2.75, 3.05) is 19.0 Å². The quantitative estimate of drug-likeness (QED) is 0.0540. The second kappa shape index (κ2) is 31.5. The van der Waals surface area contributed by atoms with Crippen molar-refractivity contribution in [3.05, 3.63) is 0 Å². The zero-order chi connectivity index (χ0) is 28.5. The number of phosphoric acid groups is 1. The molecule has 40 heavy (non-hydrogen) atoms. The predicted molar refractivity (Wildman–Crippen MR) is 146 cm³/mol. The maximum Gasteiger partial charge on any atom is 1.00 e. The Bertz CT molecular complexity index is 680. The van der Waals surface area contributed by atoms with Crippen LogP contribution in [-0.4, -0.2) is 42.1 Å². The van der Waals surface area contributed by atoms with Crippen LogP contribution < -0.4 is 68.9 Å². The van der Waals surface area contributed by atoms with Crippen LogP contribution in [0.2, 0.25) is 0 Å². The Morgan fingerprint density at radius 1 is 0.700 bits per heavy atom. The molecule has 0 rings (SSSR count). The fraction of sp³-hybridized carbons (Fsp3) is 0.889. The van der Waals surface area contributed by atoms with E-state index < -0.39 is 32.5 Å². The summed E-state index contributed by atoms with van der Waals surface area (Å²) in [6.45, 7) is 2.73. The molecule has 0 aliphatic heterocycles. The van der Waals surface area contributed by atoms with E-state index in [0.717, 1.165) is 63.5 Å². The third kappa shape index (κ3) is 35.3. The molecule has 0 unspecified atom stereocenters. The van der Waals surface area contributed by atoms with Gasteiger partial charge in [0, 0.05) is 25.5 Å². The molecule has 0 aromatic carbocycles. The topological polar surface area (TPSA) is 142 Å². The van der Waals surface area contributed by atoms with Gasteiger partial charge in [0.05, 0.1) is 14.4 Å². The molecule has 0 bridgehead atoms. The standard InChI is InChI=1S/C27H51O9PS.2Na/c1-3-4-5-6-7-8-10-14-17-20-27(30)36-25(23-35-37(31,32)33)22-34-26(29)19-16-13-11-9-12-15-18-21-38-24(2)28;;/h25H,3-23H2,1-2H3,(H2,31,32,33);;/q;2*+1/p-2/t25-;;/m1../s1. The number of phosphoric ester groups is 1. The minimum absolute atomic E-state index is 0. The van der Waals surface area contributed by atoms with Crippen molar-refractivity contribution in [1.82, 2.24) is 0 Å². The fourth-order valence-corrected chi connectivity index (χ4v) is 4.83. The molecule has 0 aromatic rings. The van der Waals surface area contributed by atoms with Gasteiger partial charge in [-0.2, -0.15) is 0 Å². The van der Waals surface area contributed by atoms with E-state index in [1.807, 2.05) is 0 Å². The van der Waals surface area contributed by atoms with Crippen LogP contribution in [0.25, 0.3) is 0 Å². The summed E-state index contributed by atoms with van der Waals surface area (Å²) in [6, 6.07) is 0. The first-order valence-electron chi connectivity index (χ1n) is 14.3. The van der Waals surface area contributed by atoms with Gasteiger partial charge in [-0.25, -0.2) is 0 Å². The van der Waals surface area contributed by atoms with E-state index in [1.54, 1.807) is 6.92 Å². The molecule has 0 spiro atoms. The van der Waals surface area contributed by atoms with Gasteiger partial charge < -0.3 is 28.3 Å². The number of carbonyl (C=O) groups excluding carboxylic acids is 3. The molecular weight excluding hydrogens is 577 g/mol. The van der Waals surface area contributed by atoms with Gasteiger partial charge in [0.15, 0.2) is 11.2 Å². The molecule has 0 saturated carbocycles. The molecule has 0 heterocycles. The third-order valence-corrected chi connectivity index (χ3v) is 7.33. The average molecular weight is 627 g/mol. The largest absolute Gasteiger partial charge is 1.00 e. The van der Waals surface area contributed by atoms with Gasteiger partial charge in [0.25, 0.3) is 0 Å². The Hall–Kier alpha value is 1.07. The number of unbranched alkanes of at least 4 members (excludes halogenated alkanes) is 14. The third-order valence-electron chi connectivity index (χ3n) is 5.96. The number of rotatable bonds is 26. The summed E-state index contributed by atoms with van der Waals surface area (Å²) in [5.74, 6) is -0.147. The SMILES string of the molecule is CCCCCCCCCCCC(=O)O[C@H](COC(=O)CCCCCCCCCSC(C)=O)COP(=O)([O-])[O-].[Na+].[Na+]. The van der Waals surface area contributed by atoms with Crippen molar-refractivity contribution in [3.8, 4) is 0 Å². The molecule has 224 valence electrons. The number of thioether (sulfide) groups is 1. The Morgan fingerprint density at radius 3 is 1.62 bits per heavy atom. The first kappa shape index (κ1) is 45.5. The van der Waals surface area contributed by atoms with Gasteiger partial charge in [-0.1, -0.05) is 102 Å². The zero-order valence-corrected chi connectivity index (χ0v) is 31.2. The Balaban J connectivity index is -0.00000684. The van der Waals surface area contributed by atoms with E-state index in [-0.39, 0.29) is 83.7 Å². The summed E-state index contributed by atoms with van der Waals surface area (Å²) in [5, 5.41) is 0.152. The van der Waals surface area contributed by atoms with Gasteiger partial charge in [-0.05, 0) is 19.3 Å². The summed E-state index contributed by atoms with van der Waals surface area (Å²) in [6.07, 6.45) is 16.0. The molecule has 0 saturated heterocycles. The monoisotopic (exact) mass is 626 g/mol. The molecule has 0 fully saturated rings. The maximum absolute atomic E-state index is 12.2. The molecule has 13 heteroatoms. The van der Waals surface area contributed by atoms with Crippen molar-refractivity contribution in [2.45, 2.75) is 136 Å². The van der Waals surface area contributed by atoms with Gasteiger partial charge in [-0.15, -0.1) is 0 Å². The molecule has 0 aliphatic carbocycles. The van der Waals surface area contributed by atoms with Gasteiger partial charge >= 0.3 is 71.1 Å². The number of hydrogen-bond donors (Lipinski definition) is 0. The van der Waals surface area contributed by atoms with E-state index in [9.17, 15) is 28.7 Å². The maximum atomic E-state index is 12.2. The molecule has 0 amide bonds. The van der Waals surface area contributed by atoms with Crippen molar-refractivity contribution < 1.29 is 102 Å². The van der Waals surface area contributed by atoms with E-state index >= 15 is 0 Å². The summed E-state index contributed by atoms with van der Waals surface area (Å²) in [5.41, 5.74) is 0. The second-order valence-corrected chi connectivity index (χ2v) is 12.1. The Morgan fingerprint density at radius 2 is 1.15 bits per heavy atom. The predicted octanol–water partition coefficient (Wildman–Crippen LogP) is -0.384. The Labute approximate surface area is 290 Å². The van der Waals surface area contributed by atoms with Gasteiger partial charge in [0.2, 0.25) is 0 Å². The fourth-order valence-electron chi connectivity index (χ4n) is 3.84. The van der Waals surface area contributed by atoms with E-state index in [1.165, 1.54) is 43.9 Å². The minimum atomic E-state index is -5.24. The first-order valence-corrected chi connectivity index (χ1v) is 16.7. The van der Waals surface area contributed by atoms with Crippen molar-refractivity contribution >= 4 is 36.6 Å². The van der Waals surface area contributed by atoms with Crippen LogP contribution in [0.15, 0.2) is 0 Å². The van der Waals surface area contributed by atoms with Crippen LogP contribution in [0.5, 0.6) is 0 Å². The smallest absolute Gasteiger partial charge is 0.790 e. The van der Waals surface area contributed by atoms with E-state index in [0.29, 0.717) is 12.8 Å². The summed E-state index contributed by atoms with van der Waals surface area (Å²) >= 11 is 1.36. The van der Waals surface area contributed by atoms with Crippen LogP contribution in [0.4, 0.5) is 0 Å². The van der Waals surface area contributed by atoms with Crippen molar-refractivity contribution in [3.63, 3.8) is 0 Å². The molecule has 0 radical (unpaired) electrons. The van der Waals surface area contributed by atoms with E-state index in [4.69, 9.17) is 9.47 Å². The molecule has 0 N–H and O–H groups in total. The number of carbonyl (C=O) groups is 3. The number of ether oxygens (including phenoxy) is 2. The van der Waals surface area contributed by atoms with E-state index in [2.05, 4.69) is 11.4 Å². The molecular formula is C27H49Na2O9PS. The van der Waals surface area contributed by atoms with Crippen LogP contribution in [-0.2, 0) is 32.9 Å². The molecule has 1 atom stereocenters. The number of hydrogen-bond acceptors (Lipinski definition) is 10. The first-order chi connectivity index (χ1) is 18.1. The average Bonchev–Trinajstić information content (AvgIpc) is 2.85. The van der Waals surface area contributed by atoms with Gasteiger partial charge in [-0.3, -0.25) is 14.4 Å². The van der Waals surface area contributed by atoms with Crippen LogP contribution >= 0.6 is 19.6 Å². The number of esters is 2.